The minimum Gasteiger partial charge on any atom is -0.380 e. The highest BCUT2D eigenvalue weighted by molar-refractivity contribution is 5.88. The molecular weight excluding hydrogens is 280 g/mol. The van der Waals surface area contributed by atoms with Crippen molar-refractivity contribution < 1.29 is 14.7 Å². The van der Waals surface area contributed by atoms with Crippen molar-refractivity contribution in [2.24, 2.45) is 5.92 Å². The molecule has 1 atom stereocenters. The number of nitrogens with one attached hydrogen (secondary N) is 1. The summed E-state index contributed by atoms with van der Waals surface area (Å²) in [6.07, 6.45) is 1.02. The third-order valence-corrected chi connectivity index (χ3v) is 4.09. The van der Waals surface area contributed by atoms with Crippen LogP contribution in [0.1, 0.15) is 25.8 Å². The Kier molecular flexibility index (Phi) is 5.19. The second-order valence-electron chi connectivity index (χ2n) is 6.06. The molecule has 5 heteroatoms. The zero-order valence-corrected chi connectivity index (χ0v) is 13.2. The zero-order valence-electron chi connectivity index (χ0n) is 13.2. The normalized spacial score (nSPS) is 17.5. The first-order valence-electron chi connectivity index (χ1n) is 7.77. The van der Waals surface area contributed by atoms with Gasteiger partial charge in [0.15, 0.2) is 0 Å². The fourth-order valence-corrected chi connectivity index (χ4v) is 2.61. The summed E-state index contributed by atoms with van der Waals surface area (Å²) in [6, 6.07) is 9.79. The van der Waals surface area contributed by atoms with Crippen LogP contribution in [0.5, 0.6) is 0 Å². The molecule has 0 spiro atoms. The molecular formula is C17H24N2O3. The fourth-order valence-electron chi connectivity index (χ4n) is 2.61. The Balaban J connectivity index is 1.83. The lowest BCUT2D eigenvalue weighted by atomic mass is 9.91. The van der Waals surface area contributed by atoms with Gasteiger partial charge in [-0.25, -0.2) is 0 Å². The molecule has 2 N–H and O–H groups in total. The Hall–Kier alpha value is -1.88. The van der Waals surface area contributed by atoms with Gasteiger partial charge in [-0.1, -0.05) is 30.3 Å². The third kappa shape index (κ3) is 3.85. The summed E-state index contributed by atoms with van der Waals surface area (Å²) in [6.45, 7) is 4.81. The van der Waals surface area contributed by atoms with E-state index in [1.165, 1.54) is 0 Å². The number of carbonyl (C=O) groups excluding carboxylic acids is 2. The van der Waals surface area contributed by atoms with Crippen molar-refractivity contribution in [1.29, 1.82) is 0 Å². The smallest absolute Gasteiger partial charge is 0.254 e. The summed E-state index contributed by atoms with van der Waals surface area (Å²) in [5.74, 6) is -0.451. The summed E-state index contributed by atoms with van der Waals surface area (Å²) in [4.78, 5) is 25.5. The molecule has 22 heavy (non-hydrogen) atoms. The Labute approximate surface area is 131 Å². The van der Waals surface area contributed by atoms with E-state index in [0.29, 0.717) is 32.5 Å². The van der Waals surface area contributed by atoms with E-state index in [2.05, 4.69) is 5.32 Å². The Morgan fingerprint density at radius 1 is 1.32 bits per heavy atom. The summed E-state index contributed by atoms with van der Waals surface area (Å²) in [7, 11) is 0. The number of likely N-dealkylation sites (tertiary alicyclic amines) is 1. The average Bonchev–Trinajstić information content (AvgIpc) is 2.45. The molecule has 1 fully saturated rings. The first kappa shape index (κ1) is 16.5. The largest absolute Gasteiger partial charge is 0.380 e. The van der Waals surface area contributed by atoms with Crippen LogP contribution >= 0.6 is 0 Å². The van der Waals surface area contributed by atoms with E-state index in [1.807, 2.05) is 37.3 Å². The van der Waals surface area contributed by atoms with Gasteiger partial charge in [0, 0.05) is 19.6 Å². The van der Waals surface area contributed by atoms with Crippen molar-refractivity contribution in [2.75, 3.05) is 19.6 Å². The third-order valence-electron chi connectivity index (χ3n) is 4.09. The monoisotopic (exact) mass is 304 g/mol. The van der Waals surface area contributed by atoms with Crippen LogP contribution in [-0.4, -0.2) is 47.1 Å². The van der Waals surface area contributed by atoms with Crippen LogP contribution in [0, 0.1) is 5.92 Å². The molecule has 1 saturated heterocycles. The number of rotatable bonds is 6. The van der Waals surface area contributed by atoms with Crippen molar-refractivity contribution in [1.82, 2.24) is 10.2 Å². The van der Waals surface area contributed by atoms with Crippen LogP contribution in [0.4, 0.5) is 0 Å². The second-order valence-corrected chi connectivity index (χ2v) is 6.06. The van der Waals surface area contributed by atoms with Crippen LogP contribution in [0.2, 0.25) is 0 Å². The molecule has 2 amide bonds. The van der Waals surface area contributed by atoms with E-state index < -0.39 is 5.60 Å². The fraction of sp³-hybridized carbons (Fsp3) is 0.529. The SMILES string of the molecule is CCNC(=O)C1CN(C(=O)C(C)(O)CCc2ccccc2)C1. The number of hydrogen-bond acceptors (Lipinski definition) is 3. The molecule has 1 aliphatic rings. The van der Waals surface area contributed by atoms with Crippen molar-refractivity contribution in [3.05, 3.63) is 35.9 Å². The highest BCUT2D eigenvalue weighted by Crippen LogP contribution is 2.23. The first-order valence-corrected chi connectivity index (χ1v) is 7.77. The summed E-state index contributed by atoms with van der Waals surface area (Å²) in [5, 5.41) is 13.2. The number of carbonyl (C=O) groups is 2. The molecule has 0 saturated carbocycles. The van der Waals surface area contributed by atoms with Gasteiger partial charge in [-0.2, -0.15) is 0 Å². The molecule has 5 nitrogen and oxygen atoms in total. The van der Waals surface area contributed by atoms with Crippen molar-refractivity contribution in [3.8, 4) is 0 Å². The van der Waals surface area contributed by atoms with Crippen molar-refractivity contribution in [2.45, 2.75) is 32.3 Å². The Bertz CT molecular complexity index is 522. The molecule has 0 aliphatic carbocycles. The first-order chi connectivity index (χ1) is 10.4. The highest BCUT2D eigenvalue weighted by atomic mass is 16.3. The summed E-state index contributed by atoms with van der Waals surface area (Å²) in [5.41, 5.74) is -0.290. The molecule has 1 aromatic carbocycles. The van der Waals surface area contributed by atoms with E-state index in [4.69, 9.17) is 0 Å². The van der Waals surface area contributed by atoms with Gasteiger partial charge in [0.1, 0.15) is 5.60 Å². The maximum Gasteiger partial charge on any atom is 0.254 e. The van der Waals surface area contributed by atoms with Crippen LogP contribution in [-0.2, 0) is 16.0 Å². The van der Waals surface area contributed by atoms with Gasteiger partial charge < -0.3 is 15.3 Å². The molecule has 1 heterocycles. The van der Waals surface area contributed by atoms with Crippen LogP contribution in [0.15, 0.2) is 30.3 Å². The lowest BCUT2D eigenvalue weighted by molar-refractivity contribution is -0.159. The minimum atomic E-state index is -1.39. The predicted octanol–water partition coefficient (Wildman–Crippen LogP) is 0.965. The van der Waals surface area contributed by atoms with E-state index in [0.717, 1.165) is 5.56 Å². The van der Waals surface area contributed by atoms with Gasteiger partial charge in [-0.3, -0.25) is 9.59 Å². The van der Waals surface area contributed by atoms with E-state index in [-0.39, 0.29) is 17.7 Å². The van der Waals surface area contributed by atoms with Gasteiger partial charge in [-0.15, -0.1) is 0 Å². The maximum atomic E-state index is 12.3. The van der Waals surface area contributed by atoms with Gasteiger partial charge in [0.05, 0.1) is 5.92 Å². The van der Waals surface area contributed by atoms with E-state index >= 15 is 0 Å². The maximum absolute atomic E-state index is 12.3. The highest BCUT2D eigenvalue weighted by Gasteiger charge is 2.42. The number of aliphatic hydroxyl groups is 1. The summed E-state index contributed by atoms with van der Waals surface area (Å²) >= 11 is 0. The Morgan fingerprint density at radius 3 is 2.55 bits per heavy atom. The molecule has 1 aromatic rings. The van der Waals surface area contributed by atoms with E-state index in [9.17, 15) is 14.7 Å². The van der Waals surface area contributed by atoms with E-state index in [1.54, 1.807) is 11.8 Å². The Morgan fingerprint density at radius 2 is 1.95 bits per heavy atom. The minimum absolute atomic E-state index is 0.0181. The number of amides is 2. The predicted molar refractivity (Wildman–Crippen MR) is 84.1 cm³/mol. The molecule has 0 radical (unpaired) electrons. The molecule has 120 valence electrons. The van der Waals surface area contributed by atoms with Gasteiger partial charge >= 0.3 is 0 Å². The standard InChI is InChI=1S/C17H24N2O3/c1-3-18-15(20)14-11-19(12-14)16(21)17(2,22)10-9-13-7-5-4-6-8-13/h4-8,14,22H,3,9-12H2,1-2H3,(H,18,20). The van der Waals surface area contributed by atoms with Crippen molar-refractivity contribution in [3.63, 3.8) is 0 Å². The van der Waals surface area contributed by atoms with Crippen LogP contribution in [0.3, 0.4) is 0 Å². The van der Waals surface area contributed by atoms with Gasteiger partial charge in [0.25, 0.3) is 5.91 Å². The van der Waals surface area contributed by atoms with Gasteiger partial charge in [0.2, 0.25) is 5.91 Å². The zero-order chi connectivity index (χ0) is 16.2. The number of benzene rings is 1. The number of hydrogen-bond donors (Lipinski definition) is 2. The number of aryl methyl sites for hydroxylation is 1. The van der Waals surface area contributed by atoms with Crippen molar-refractivity contribution >= 4 is 11.8 Å². The quantitative estimate of drug-likeness (QED) is 0.822. The van der Waals surface area contributed by atoms with Crippen LogP contribution in [0.25, 0.3) is 0 Å². The molecule has 1 aliphatic heterocycles. The lowest BCUT2D eigenvalue weighted by Crippen LogP contribution is -2.60. The molecule has 0 bridgehead atoms. The number of nitrogens with zero attached hydrogens (tertiary/aromatic N) is 1. The van der Waals surface area contributed by atoms with Crippen LogP contribution < -0.4 is 5.32 Å². The van der Waals surface area contributed by atoms with Gasteiger partial charge in [-0.05, 0) is 32.3 Å². The topological polar surface area (TPSA) is 69.6 Å². The average molecular weight is 304 g/mol. The lowest BCUT2D eigenvalue weighted by Gasteiger charge is -2.41. The summed E-state index contributed by atoms with van der Waals surface area (Å²) < 4.78 is 0. The molecule has 2 rings (SSSR count). The second kappa shape index (κ2) is 6.92. The molecule has 0 aromatic heterocycles. The molecule has 1 unspecified atom stereocenters.